The van der Waals surface area contributed by atoms with Gasteiger partial charge in [-0.1, -0.05) is 50.5 Å². The molecule has 0 spiro atoms. The molecule has 0 saturated heterocycles. The van der Waals surface area contributed by atoms with Crippen LogP contribution in [0.2, 0.25) is 0 Å². The number of Topliss-reactive ketones (excluding diaryl/α,β-unsaturated/α-hetero) is 1. The Hall–Kier alpha value is -0.770. The lowest BCUT2D eigenvalue weighted by Gasteiger charge is -2.07. The Kier molecular flexibility index (Phi) is 5.93. The van der Waals surface area contributed by atoms with E-state index in [9.17, 15) is 13.6 Å². The fraction of sp³-hybridized carbons (Fsp3) is 0.500. The minimum atomic E-state index is -3.48. The molecule has 0 atom stereocenters. The third-order valence-corrected chi connectivity index (χ3v) is 3.15. The third kappa shape index (κ3) is 4.84. The van der Waals surface area contributed by atoms with Gasteiger partial charge in [-0.25, -0.2) is 0 Å². The highest BCUT2D eigenvalue weighted by Gasteiger charge is 2.35. The summed E-state index contributed by atoms with van der Waals surface area (Å²) in [4.78, 5) is 7.80. The number of unbranched alkanes of at least 4 members (excludes halogenated alkanes) is 3. The summed E-state index contributed by atoms with van der Waals surface area (Å²) >= 11 is 2.08. The fourth-order valence-electron chi connectivity index (χ4n) is 1.74. The van der Waals surface area contributed by atoms with Gasteiger partial charge >= 0.3 is 4.83 Å². The van der Waals surface area contributed by atoms with E-state index in [4.69, 9.17) is 0 Å². The monoisotopic (exact) mass is 318 g/mol. The minimum absolute atomic E-state index is 0.0363. The number of alkyl halides is 3. The predicted octanol–water partition coefficient (Wildman–Crippen LogP) is 4.98. The van der Waals surface area contributed by atoms with E-state index in [-0.39, 0.29) is 5.56 Å². The molecule has 0 saturated carbocycles. The number of halogens is 3. The Morgan fingerprint density at radius 1 is 1.17 bits per heavy atom. The zero-order chi connectivity index (χ0) is 13.6. The lowest BCUT2D eigenvalue weighted by Crippen LogP contribution is -2.20. The molecule has 0 fully saturated rings. The third-order valence-electron chi connectivity index (χ3n) is 2.79. The van der Waals surface area contributed by atoms with Crippen LogP contribution >= 0.6 is 15.9 Å². The average molecular weight is 319 g/mol. The number of rotatable bonds is 7. The van der Waals surface area contributed by atoms with Crippen LogP contribution in [0.25, 0.3) is 0 Å². The van der Waals surface area contributed by atoms with Crippen LogP contribution in [0, 0.1) is 0 Å². The van der Waals surface area contributed by atoms with E-state index in [0.29, 0.717) is 0 Å². The van der Waals surface area contributed by atoms with E-state index in [1.54, 1.807) is 12.1 Å². The molecule has 0 radical (unpaired) electrons. The first kappa shape index (κ1) is 15.3. The molecule has 1 nitrogen and oxygen atoms in total. The Morgan fingerprint density at radius 2 is 1.78 bits per heavy atom. The van der Waals surface area contributed by atoms with Crippen molar-refractivity contribution in [2.75, 3.05) is 0 Å². The number of ketones is 1. The van der Waals surface area contributed by atoms with Gasteiger partial charge in [0.15, 0.2) is 0 Å². The molecule has 100 valence electrons. The van der Waals surface area contributed by atoms with Gasteiger partial charge in [0.25, 0.3) is 0 Å². The van der Waals surface area contributed by atoms with Gasteiger partial charge in [0.1, 0.15) is 0 Å². The van der Waals surface area contributed by atoms with E-state index in [2.05, 4.69) is 22.9 Å². The second-order valence-electron chi connectivity index (χ2n) is 4.33. The van der Waals surface area contributed by atoms with Gasteiger partial charge < -0.3 is 0 Å². The van der Waals surface area contributed by atoms with Crippen molar-refractivity contribution in [2.45, 2.75) is 43.9 Å². The molecule has 18 heavy (non-hydrogen) atoms. The van der Waals surface area contributed by atoms with Crippen molar-refractivity contribution in [1.29, 1.82) is 0 Å². The summed E-state index contributed by atoms with van der Waals surface area (Å²) in [6.45, 7) is 2.15. The van der Waals surface area contributed by atoms with Crippen molar-refractivity contribution in [2.24, 2.45) is 0 Å². The number of hydrogen-bond donors (Lipinski definition) is 0. The van der Waals surface area contributed by atoms with Gasteiger partial charge in [-0.2, -0.15) is 8.78 Å². The van der Waals surface area contributed by atoms with Crippen molar-refractivity contribution in [3.63, 3.8) is 0 Å². The Labute approximate surface area is 115 Å². The molecule has 0 aromatic heterocycles. The molecule has 4 heteroatoms. The zero-order valence-corrected chi connectivity index (χ0v) is 12.0. The standard InChI is InChI=1S/C14H17BrF2O/c1-2-3-4-5-6-11-7-9-12(10-8-11)13(18)14(15,16)17/h7-10H,2-6H2,1H3. The maximum Gasteiger partial charge on any atom is 0.363 e. The number of benzene rings is 1. The van der Waals surface area contributed by atoms with Gasteiger partial charge in [0.2, 0.25) is 5.78 Å². The number of hydrogen-bond acceptors (Lipinski definition) is 1. The van der Waals surface area contributed by atoms with Crippen molar-refractivity contribution in [3.8, 4) is 0 Å². The molecular weight excluding hydrogens is 302 g/mol. The maximum atomic E-state index is 12.8. The van der Waals surface area contributed by atoms with Crippen molar-refractivity contribution >= 4 is 21.7 Å². The molecule has 1 rings (SSSR count). The summed E-state index contributed by atoms with van der Waals surface area (Å²) in [6, 6.07) is 6.43. The van der Waals surface area contributed by atoms with Crippen LogP contribution in [0.1, 0.15) is 48.5 Å². The highest BCUT2D eigenvalue weighted by atomic mass is 79.9. The predicted molar refractivity (Wildman–Crippen MR) is 72.5 cm³/mol. The second kappa shape index (κ2) is 6.98. The summed E-state index contributed by atoms with van der Waals surface area (Å²) in [5, 5.41) is 0. The molecule has 0 amide bonds. The van der Waals surface area contributed by atoms with Crippen LogP contribution in [-0.4, -0.2) is 10.6 Å². The van der Waals surface area contributed by atoms with Crippen LogP contribution in [-0.2, 0) is 6.42 Å². The first-order valence-electron chi connectivity index (χ1n) is 6.15. The van der Waals surface area contributed by atoms with Gasteiger partial charge in [-0.15, -0.1) is 0 Å². The van der Waals surface area contributed by atoms with Crippen LogP contribution in [0.5, 0.6) is 0 Å². The topological polar surface area (TPSA) is 17.1 Å². The van der Waals surface area contributed by atoms with Gasteiger partial charge in [-0.05, 0) is 34.3 Å². The normalized spacial score (nSPS) is 11.6. The van der Waals surface area contributed by atoms with Gasteiger partial charge in [-0.3, -0.25) is 4.79 Å². The van der Waals surface area contributed by atoms with Crippen LogP contribution in [0.4, 0.5) is 8.78 Å². The zero-order valence-electron chi connectivity index (χ0n) is 10.4. The van der Waals surface area contributed by atoms with E-state index < -0.39 is 10.6 Å². The summed E-state index contributed by atoms with van der Waals surface area (Å²) in [6.07, 6.45) is 5.60. The molecular formula is C14H17BrF2O. The molecule has 0 heterocycles. The Morgan fingerprint density at radius 3 is 2.28 bits per heavy atom. The van der Waals surface area contributed by atoms with E-state index in [1.807, 2.05) is 0 Å². The molecule has 0 aliphatic carbocycles. The van der Waals surface area contributed by atoms with Gasteiger partial charge in [0, 0.05) is 5.56 Å². The fourth-order valence-corrected chi connectivity index (χ4v) is 1.97. The quantitative estimate of drug-likeness (QED) is 0.393. The summed E-state index contributed by atoms with van der Waals surface area (Å²) < 4.78 is 25.5. The lowest BCUT2D eigenvalue weighted by atomic mass is 10.0. The minimum Gasteiger partial charge on any atom is -0.286 e. The molecule has 0 aliphatic rings. The molecule has 1 aromatic rings. The highest BCUT2D eigenvalue weighted by Crippen LogP contribution is 2.26. The number of carbonyl (C=O) groups is 1. The van der Waals surface area contributed by atoms with E-state index in [1.165, 1.54) is 31.4 Å². The van der Waals surface area contributed by atoms with Gasteiger partial charge in [0.05, 0.1) is 0 Å². The van der Waals surface area contributed by atoms with E-state index >= 15 is 0 Å². The lowest BCUT2D eigenvalue weighted by molar-refractivity contribution is 0.0592. The molecule has 0 bridgehead atoms. The highest BCUT2D eigenvalue weighted by molar-refractivity contribution is 9.10. The molecule has 1 aromatic carbocycles. The Bertz CT molecular complexity index is 382. The maximum absolute atomic E-state index is 12.8. The van der Waals surface area contributed by atoms with Crippen molar-refractivity contribution < 1.29 is 13.6 Å². The molecule has 0 unspecified atom stereocenters. The number of carbonyl (C=O) groups excluding carboxylic acids is 1. The first-order valence-corrected chi connectivity index (χ1v) is 6.95. The van der Waals surface area contributed by atoms with Crippen LogP contribution < -0.4 is 0 Å². The summed E-state index contributed by atoms with van der Waals surface area (Å²) in [7, 11) is 0. The first-order chi connectivity index (χ1) is 8.45. The average Bonchev–Trinajstić information content (AvgIpc) is 2.33. The smallest absolute Gasteiger partial charge is 0.286 e. The van der Waals surface area contributed by atoms with Crippen molar-refractivity contribution in [1.82, 2.24) is 0 Å². The second-order valence-corrected chi connectivity index (χ2v) is 5.33. The molecule has 0 N–H and O–H groups in total. The largest absolute Gasteiger partial charge is 0.363 e. The van der Waals surface area contributed by atoms with Crippen LogP contribution in [0.15, 0.2) is 24.3 Å². The van der Waals surface area contributed by atoms with E-state index in [0.717, 1.165) is 18.4 Å². The summed E-state index contributed by atoms with van der Waals surface area (Å²) in [5.41, 5.74) is 1.12. The summed E-state index contributed by atoms with van der Waals surface area (Å²) in [5.74, 6) is -1.19. The molecule has 0 aliphatic heterocycles. The number of aryl methyl sites for hydroxylation is 1. The SMILES string of the molecule is CCCCCCc1ccc(C(=O)C(F)(F)Br)cc1. The Balaban J connectivity index is 2.55. The van der Waals surface area contributed by atoms with Crippen molar-refractivity contribution in [3.05, 3.63) is 35.4 Å². The van der Waals surface area contributed by atoms with Crippen LogP contribution in [0.3, 0.4) is 0 Å².